The highest BCUT2D eigenvalue weighted by Crippen LogP contribution is 2.54. The van der Waals surface area contributed by atoms with Crippen LogP contribution in [0.5, 0.6) is 5.75 Å². The average molecular weight is 472 g/mol. The van der Waals surface area contributed by atoms with Gasteiger partial charge in [0.1, 0.15) is 11.5 Å². The highest BCUT2D eigenvalue weighted by molar-refractivity contribution is 5.86. The summed E-state index contributed by atoms with van der Waals surface area (Å²) in [6, 6.07) is 0.963. The summed E-state index contributed by atoms with van der Waals surface area (Å²) in [7, 11) is 4.13. The van der Waals surface area contributed by atoms with Crippen LogP contribution in [0.1, 0.15) is 31.7 Å². The number of anilines is 1. The maximum atomic E-state index is 16.1. The Bertz CT molecular complexity index is 1300. The monoisotopic (exact) mass is 471 g/mol. The van der Waals surface area contributed by atoms with Crippen LogP contribution >= 0.6 is 0 Å². The lowest BCUT2D eigenvalue weighted by molar-refractivity contribution is 0.0313. The van der Waals surface area contributed by atoms with Crippen LogP contribution in [0, 0.1) is 29.4 Å². The third-order valence-corrected chi connectivity index (χ3v) is 8.50. The maximum absolute atomic E-state index is 16.1. The molecule has 1 aromatic carbocycles. The summed E-state index contributed by atoms with van der Waals surface area (Å²) in [6.45, 7) is 1.10. The fourth-order valence-corrected chi connectivity index (χ4v) is 6.72. The van der Waals surface area contributed by atoms with Gasteiger partial charge in [-0.25, -0.2) is 13.6 Å². The van der Waals surface area contributed by atoms with Crippen LogP contribution in [0.4, 0.5) is 19.3 Å². The van der Waals surface area contributed by atoms with Crippen molar-refractivity contribution in [3.63, 3.8) is 0 Å². The van der Waals surface area contributed by atoms with Gasteiger partial charge in [-0.1, -0.05) is 12.2 Å². The number of likely N-dealkylation sites (N-methyl/N-ethyl adjacent to an activating group) is 1. The maximum Gasteiger partial charge on any atom is 0.511 e. The molecule has 9 heteroatoms. The zero-order chi connectivity index (χ0) is 23.9. The molecule has 7 rings (SSSR count). The standard InChI is InChI=1S/C25H27F2N3O4/c1-28(2)25-7-5-13(6-8-25)16-10-29(11-17(16)25)22-18(26)9-15-21(20(22)27)30(14-3-4-14)12-19(23(15)31)34-24(32)33/h5,7,9,12-14,16-17H,3-4,6,8,10-11H2,1-2H3,(H,32,33). The molecular formula is C25H27F2N3O4. The topological polar surface area (TPSA) is 75.0 Å². The summed E-state index contributed by atoms with van der Waals surface area (Å²) in [4.78, 5) is 27.9. The van der Waals surface area contributed by atoms with Crippen molar-refractivity contribution in [3.05, 3.63) is 46.3 Å². The zero-order valence-corrected chi connectivity index (χ0v) is 19.1. The number of rotatable bonds is 4. The number of pyridine rings is 1. The first kappa shape index (κ1) is 21.6. The fraction of sp³-hybridized carbons (Fsp3) is 0.520. The smallest absolute Gasteiger partial charge is 0.449 e. The second-order valence-corrected chi connectivity index (χ2v) is 10.4. The van der Waals surface area contributed by atoms with Gasteiger partial charge in [-0.15, -0.1) is 0 Å². The van der Waals surface area contributed by atoms with Gasteiger partial charge in [-0.05, 0) is 57.7 Å². The number of hydrogen-bond donors (Lipinski definition) is 1. The van der Waals surface area contributed by atoms with E-state index in [4.69, 9.17) is 5.11 Å². The number of ether oxygens (including phenoxy) is 1. The molecule has 3 fully saturated rings. The second-order valence-electron chi connectivity index (χ2n) is 10.4. The fourth-order valence-electron chi connectivity index (χ4n) is 6.72. The third kappa shape index (κ3) is 2.95. The molecule has 34 heavy (non-hydrogen) atoms. The minimum atomic E-state index is -1.64. The number of aromatic nitrogens is 1. The zero-order valence-electron chi connectivity index (χ0n) is 19.1. The lowest BCUT2D eigenvalue weighted by atomic mass is 9.59. The SMILES string of the molecule is CN(C)C12C=CC(CC1)C1CN(c3c(F)cc4c(=O)c(OC(=O)O)cn(C5CC5)c4c3F)CC12. The van der Waals surface area contributed by atoms with E-state index in [1.807, 2.05) is 4.90 Å². The Balaban J connectivity index is 1.47. The van der Waals surface area contributed by atoms with E-state index in [0.717, 1.165) is 31.7 Å². The molecule has 1 saturated heterocycles. The van der Waals surface area contributed by atoms with Crippen molar-refractivity contribution >= 4 is 22.7 Å². The summed E-state index contributed by atoms with van der Waals surface area (Å²) in [5.74, 6) is -1.04. The van der Waals surface area contributed by atoms with E-state index in [2.05, 4.69) is 35.9 Å². The summed E-state index contributed by atoms with van der Waals surface area (Å²) < 4.78 is 37.8. The van der Waals surface area contributed by atoms with Crippen molar-refractivity contribution in [2.75, 3.05) is 32.1 Å². The van der Waals surface area contributed by atoms with E-state index < -0.39 is 29.0 Å². The number of carboxylic acid groups (broad SMARTS) is 1. The van der Waals surface area contributed by atoms with Crippen LogP contribution in [0.2, 0.25) is 0 Å². The largest absolute Gasteiger partial charge is 0.511 e. The number of hydrogen-bond acceptors (Lipinski definition) is 5. The number of allylic oxidation sites excluding steroid dienone is 1. The van der Waals surface area contributed by atoms with Gasteiger partial charge in [0.15, 0.2) is 11.6 Å². The molecule has 7 nitrogen and oxygen atoms in total. The van der Waals surface area contributed by atoms with Gasteiger partial charge in [0, 0.05) is 30.6 Å². The molecule has 0 spiro atoms. The van der Waals surface area contributed by atoms with Crippen molar-refractivity contribution in [3.8, 4) is 5.75 Å². The van der Waals surface area contributed by atoms with Gasteiger partial charge >= 0.3 is 6.16 Å². The summed E-state index contributed by atoms with van der Waals surface area (Å²) in [6.07, 6.45) is 7.80. The van der Waals surface area contributed by atoms with Crippen LogP contribution in [-0.2, 0) is 0 Å². The lowest BCUT2D eigenvalue weighted by Crippen LogP contribution is -2.57. The first-order valence-corrected chi connectivity index (χ1v) is 11.8. The van der Waals surface area contributed by atoms with Crippen molar-refractivity contribution in [2.45, 2.75) is 37.3 Å². The summed E-state index contributed by atoms with van der Waals surface area (Å²) in [5, 5.41) is 8.78. The molecule has 2 heterocycles. The Kier molecular flexibility index (Phi) is 4.62. The van der Waals surface area contributed by atoms with Gasteiger partial charge in [0.2, 0.25) is 5.43 Å². The van der Waals surface area contributed by atoms with Crippen molar-refractivity contribution in [1.29, 1.82) is 0 Å². The molecule has 2 saturated carbocycles. The summed E-state index contributed by atoms with van der Waals surface area (Å²) >= 11 is 0. The highest BCUT2D eigenvalue weighted by atomic mass is 19.1. The molecule has 0 radical (unpaired) electrons. The molecule has 4 atom stereocenters. The molecule has 1 N–H and O–H groups in total. The van der Waals surface area contributed by atoms with E-state index >= 15 is 8.78 Å². The summed E-state index contributed by atoms with van der Waals surface area (Å²) in [5.41, 5.74) is -1.03. The molecule has 1 aliphatic heterocycles. The Hall–Kier alpha value is -2.94. The second kappa shape index (κ2) is 7.28. The Morgan fingerprint density at radius 2 is 2.00 bits per heavy atom. The van der Waals surface area contributed by atoms with Crippen molar-refractivity contribution in [2.24, 2.45) is 17.8 Å². The predicted octanol–water partition coefficient (Wildman–Crippen LogP) is 4.00. The molecular weight excluding hydrogens is 444 g/mol. The number of carbonyl (C=O) groups is 1. The molecule has 180 valence electrons. The number of halogens is 2. The Morgan fingerprint density at radius 3 is 2.62 bits per heavy atom. The van der Waals surface area contributed by atoms with Gasteiger partial charge in [-0.2, -0.15) is 0 Å². The first-order chi connectivity index (χ1) is 16.2. The van der Waals surface area contributed by atoms with Gasteiger partial charge in [-0.3, -0.25) is 9.69 Å². The lowest BCUT2D eigenvalue weighted by Gasteiger charge is -2.53. The van der Waals surface area contributed by atoms with Crippen molar-refractivity contribution in [1.82, 2.24) is 9.47 Å². The number of benzene rings is 1. The molecule has 2 aromatic rings. The van der Waals surface area contributed by atoms with Crippen LogP contribution in [0.3, 0.4) is 0 Å². The third-order valence-electron chi connectivity index (χ3n) is 8.50. The Morgan fingerprint density at radius 1 is 1.24 bits per heavy atom. The molecule has 1 aromatic heterocycles. The molecule has 5 aliphatic rings. The van der Waals surface area contributed by atoms with Crippen LogP contribution < -0.4 is 15.1 Å². The average Bonchev–Trinajstić information content (AvgIpc) is 3.53. The molecule has 4 unspecified atom stereocenters. The van der Waals surface area contributed by atoms with Gasteiger partial charge in [0.05, 0.1) is 17.1 Å². The molecule has 4 aliphatic carbocycles. The van der Waals surface area contributed by atoms with E-state index in [9.17, 15) is 9.59 Å². The first-order valence-electron chi connectivity index (χ1n) is 11.8. The predicted molar refractivity (Wildman–Crippen MR) is 123 cm³/mol. The van der Waals surface area contributed by atoms with Gasteiger partial charge in [0.25, 0.3) is 0 Å². The van der Waals surface area contributed by atoms with E-state index in [1.54, 1.807) is 4.57 Å². The molecule has 2 bridgehead atoms. The normalized spacial score (nSPS) is 29.8. The quantitative estimate of drug-likeness (QED) is 0.537. The van der Waals surface area contributed by atoms with Gasteiger partial charge < -0.3 is 19.3 Å². The van der Waals surface area contributed by atoms with Crippen molar-refractivity contribution < 1.29 is 23.4 Å². The van der Waals surface area contributed by atoms with E-state index in [0.29, 0.717) is 24.9 Å². The highest BCUT2D eigenvalue weighted by Gasteiger charge is 2.55. The minimum absolute atomic E-state index is 0.0138. The number of fused-ring (bicyclic) bond motifs is 2. The van der Waals surface area contributed by atoms with E-state index in [-0.39, 0.29) is 34.1 Å². The van der Waals surface area contributed by atoms with Crippen LogP contribution in [0.25, 0.3) is 10.9 Å². The Labute approximate surface area is 195 Å². The minimum Gasteiger partial charge on any atom is -0.449 e. The van der Waals surface area contributed by atoms with Crippen LogP contribution in [0.15, 0.2) is 29.2 Å². The van der Waals surface area contributed by atoms with Crippen LogP contribution in [-0.4, -0.2) is 53.5 Å². The number of nitrogens with zero attached hydrogens (tertiary/aromatic N) is 3. The van der Waals surface area contributed by atoms with E-state index in [1.165, 1.54) is 6.20 Å². The molecule has 0 amide bonds.